The molecule has 0 aliphatic carbocycles. The Hall–Kier alpha value is -3.82. The maximum Gasteiger partial charge on any atom is 0.282 e. The number of hydrogen-bond donors (Lipinski definition) is 0. The highest BCUT2D eigenvalue weighted by atomic mass is 79.9. The Morgan fingerprint density at radius 1 is 1.08 bits per heavy atom. The maximum absolute atomic E-state index is 13.6. The highest BCUT2D eigenvalue weighted by Crippen LogP contribution is 2.42. The lowest BCUT2D eigenvalue weighted by atomic mass is 10.2. The van der Waals surface area contributed by atoms with Gasteiger partial charge in [0.2, 0.25) is 5.82 Å². The van der Waals surface area contributed by atoms with E-state index in [1.807, 2.05) is 31.2 Å². The molecule has 0 bridgehead atoms. The molecule has 0 spiro atoms. The van der Waals surface area contributed by atoms with E-state index in [0.717, 1.165) is 5.39 Å². The maximum atomic E-state index is 13.6. The zero-order chi connectivity index (χ0) is 26.1. The van der Waals surface area contributed by atoms with E-state index >= 15 is 0 Å². The predicted molar refractivity (Wildman–Crippen MR) is 148 cm³/mol. The van der Waals surface area contributed by atoms with Crippen LogP contribution in [0.5, 0.6) is 17.2 Å². The molecule has 0 fully saturated rings. The number of hydrogen-bond acceptors (Lipinski definition) is 7. The van der Waals surface area contributed by atoms with Gasteiger partial charge in [-0.2, -0.15) is 9.78 Å². The minimum Gasteiger partial charge on any atom is -0.496 e. The molecule has 0 aliphatic heterocycles. The molecule has 0 unspecified atom stereocenters. The first kappa shape index (κ1) is 24.9. The smallest absolute Gasteiger partial charge is 0.282 e. The van der Waals surface area contributed by atoms with Crippen molar-refractivity contribution in [3.63, 3.8) is 0 Å². The highest BCUT2D eigenvalue weighted by molar-refractivity contribution is 9.10. The number of halogens is 2. The van der Waals surface area contributed by atoms with Gasteiger partial charge in [-0.1, -0.05) is 29.8 Å². The number of aromatic nitrogens is 2. The molecule has 2 aromatic heterocycles. The molecule has 0 aliphatic rings. The number of ether oxygens (including phenoxy) is 3. The van der Waals surface area contributed by atoms with Gasteiger partial charge < -0.3 is 18.6 Å². The molecule has 0 atom stereocenters. The summed E-state index contributed by atoms with van der Waals surface area (Å²) < 4.78 is 24.4. The topological polar surface area (TPSA) is 88.1 Å². The SMILES string of the molecule is CCOc1cc(C=Nn2c(-c3cc4c(OC)cccc4o3)nc3ccccc3c2=O)c(Br)c(Cl)c1OC. The van der Waals surface area contributed by atoms with E-state index in [4.69, 9.17) is 35.2 Å². The van der Waals surface area contributed by atoms with Crippen LogP contribution in [0, 0.1) is 0 Å². The molecule has 8 nitrogen and oxygen atoms in total. The molecule has 37 heavy (non-hydrogen) atoms. The third-order valence-electron chi connectivity index (χ3n) is 5.69. The van der Waals surface area contributed by atoms with Crippen molar-refractivity contribution in [3.05, 3.63) is 80.0 Å². The van der Waals surface area contributed by atoms with Crippen molar-refractivity contribution < 1.29 is 18.6 Å². The van der Waals surface area contributed by atoms with E-state index in [1.54, 1.807) is 37.4 Å². The standard InChI is InChI=1S/C27H21BrClN3O5/c1-4-36-21-12-15(23(28)24(29)25(21)35-3)14-30-32-26(31-18-9-6-5-8-16(18)27(32)33)22-13-17-19(34-2)10-7-11-20(17)37-22/h5-14H,4H2,1-3H3. The second-order valence-electron chi connectivity index (χ2n) is 7.85. The zero-order valence-electron chi connectivity index (χ0n) is 20.1. The Morgan fingerprint density at radius 2 is 1.89 bits per heavy atom. The van der Waals surface area contributed by atoms with Gasteiger partial charge in [0.25, 0.3) is 5.56 Å². The number of rotatable bonds is 7. The van der Waals surface area contributed by atoms with Crippen molar-refractivity contribution >= 4 is 55.6 Å². The third kappa shape index (κ3) is 4.45. The summed E-state index contributed by atoms with van der Waals surface area (Å²) in [5, 5.41) is 6.01. The van der Waals surface area contributed by atoms with Crippen LogP contribution in [0.2, 0.25) is 5.02 Å². The fraction of sp³-hybridized carbons (Fsp3) is 0.148. The van der Waals surface area contributed by atoms with Gasteiger partial charge in [0.05, 0.1) is 43.3 Å². The molecule has 0 radical (unpaired) electrons. The number of fused-ring (bicyclic) bond motifs is 2. The third-order valence-corrected chi connectivity index (χ3v) is 7.13. The molecule has 0 saturated carbocycles. The van der Waals surface area contributed by atoms with Crippen LogP contribution in [-0.2, 0) is 0 Å². The summed E-state index contributed by atoms with van der Waals surface area (Å²) in [5.74, 6) is 2.09. The Bertz CT molecular complexity index is 1730. The van der Waals surface area contributed by atoms with Crippen LogP contribution in [0.15, 0.2) is 73.4 Å². The van der Waals surface area contributed by atoms with Crippen LogP contribution in [0.1, 0.15) is 12.5 Å². The summed E-state index contributed by atoms with van der Waals surface area (Å²) in [4.78, 5) is 18.3. The summed E-state index contributed by atoms with van der Waals surface area (Å²) in [6.45, 7) is 2.27. The minimum absolute atomic E-state index is 0.235. The first-order valence-corrected chi connectivity index (χ1v) is 12.5. The van der Waals surface area contributed by atoms with E-state index in [2.05, 4.69) is 21.0 Å². The van der Waals surface area contributed by atoms with Crippen LogP contribution in [-0.4, -0.2) is 36.7 Å². The van der Waals surface area contributed by atoms with E-state index in [0.29, 0.717) is 61.2 Å². The number of methoxy groups -OCH3 is 2. The van der Waals surface area contributed by atoms with Gasteiger partial charge in [0.1, 0.15) is 16.4 Å². The Labute approximate surface area is 225 Å². The fourth-order valence-electron chi connectivity index (χ4n) is 3.98. The summed E-state index contributed by atoms with van der Waals surface area (Å²) in [6, 6.07) is 16.1. The average Bonchev–Trinajstić information content (AvgIpc) is 3.35. The predicted octanol–water partition coefficient (Wildman–Crippen LogP) is 6.52. The number of nitrogens with zero attached hydrogens (tertiary/aromatic N) is 3. The quantitative estimate of drug-likeness (QED) is 0.203. The van der Waals surface area contributed by atoms with Crippen LogP contribution >= 0.6 is 27.5 Å². The molecule has 0 N–H and O–H groups in total. The minimum atomic E-state index is -0.356. The molecule has 5 rings (SSSR count). The van der Waals surface area contributed by atoms with Crippen LogP contribution in [0.3, 0.4) is 0 Å². The zero-order valence-corrected chi connectivity index (χ0v) is 22.5. The van der Waals surface area contributed by atoms with Crippen molar-refractivity contribution in [3.8, 4) is 28.8 Å². The molecule has 2 heterocycles. The van der Waals surface area contributed by atoms with Crippen LogP contribution < -0.4 is 19.8 Å². The van der Waals surface area contributed by atoms with Gasteiger partial charge in [0.15, 0.2) is 17.3 Å². The lowest BCUT2D eigenvalue weighted by molar-refractivity contribution is 0.311. The van der Waals surface area contributed by atoms with Gasteiger partial charge in [0, 0.05) is 10.0 Å². The number of furan rings is 1. The van der Waals surface area contributed by atoms with Gasteiger partial charge in [-0.05, 0) is 59.3 Å². The van der Waals surface area contributed by atoms with E-state index < -0.39 is 0 Å². The molecule has 0 amide bonds. The molecule has 5 aromatic rings. The van der Waals surface area contributed by atoms with Crippen molar-refractivity contribution in [1.82, 2.24) is 9.66 Å². The average molecular weight is 583 g/mol. The van der Waals surface area contributed by atoms with Crippen molar-refractivity contribution in [2.45, 2.75) is 6.92 Å². The number of benzene rings is 3. The van der Waals surface area contributed by atoms with Crippen molar-refractivity contribution in [2.24, 2.45) is 5.10 Å². The summed E-state index contributed by atoms with van der Waals surface area (Å²) in [5.41, 5.74) is 1.34. The van der Waals surface area contributed by atoms with Crippen LogP contribution in [0.4, 0.5) is 0 Å². The lowest BCUT2D eigenvalue weighted by Gasteiger charge is -2.14. The number of para-hydroxylation sites is 1. The van der Waals surface area contributed by atoms with Crippen molar-refractivity contribution in [1.29, 1.82) is 0 Å². The molecule has 10 heteroatoms. The summed E-state index contributed by atoms with van der Waals surface area (Å²) in [7, 11) is 3.10. The first-order valence-electron chi connectivity index (χ1n) is 11.3. The van der Waals surface area contributed by atoms with Crippen molar-refractivity contribution in [2.75, 3.05) is 20.8 Å². The second kappa shape index (κ2) is 10.3. The fourth-order valence-corrected chi connectivity index (χ4v) is 4.66. The molecule has 188 valence electrons. The van der Waals surface area contributed by atoms with Gasteiger partial charge in [-0.25, -0.2) is 4.98 Å². The van der Waals surface area contributed by atoms with E-state index in [-0.39, 0.29) is 11.4 Å². The summed E-state index contributed by atoms with van der Waals surface area (Å²) >= 11 is 10.0. The highest BCUT2D eigenvalue weighted by Gasteiger charge is 2.19. The monoisotopic (exact) mass is 581 g/mol. The normalized spacial score (nSPS) is 11.5. The van der Waals surface area contributed by atoms with E-state index in [1.165, 1.54) is 18.0 Å². The first-order chi connectivity index (χ1) is 18.0. The molecular weight excluding hydrogens is 562 g/mol. The largest absolute Gasteiger partial charge is 0.496 e. The molecule has 0 saturated heterocycles. The van der Waals surface area contributed by atoms with Crippen LogP contribution in [0.25, 0.3) is 33.5 Å². The van der Waals surface area contributed by atoms with Gasteiger partial charge in [-0.3, -0.25) is 4.79 Å². The van der Waals surface area contributed by atoms with E-state index in [9.17, 15) is 4.79 Å². The summed E-state index contributed by atoms with van der Waals surface area (Å²) in [6.07, 6.45) is 1.50. The molecule has 3 aromatic carbocycles. The Kier molecular flexibility index (Phi) is 6.90. The van der Waals surface area contributed by atoms with Gasteiger partial charge >= 0.3 is 0 Å². The Balaban J connectivity index is 1.72. The second-order valence-corrected chi connectivity index (χ2v) is 9.03. The lowest BCUT2D eigenvalue weighted by Crippen LogP contribution is -2.20. The van der Waals surface area contributed by atoms with Gasteiger partial charge in [-0.15, -0.1) is 0 Å². The molecular formula is C27H21BrClN3O5. The Morgan fingerprint density at radius 3 is 2.65 bits per heavy atom.